The minimum atomic E-state index is -3.95. The molecule has 0 aliphatic carbocycles. The van der Waals surface area contributed by atoms with E-state index in [1.807, 2.05) is 11.4 Å². The van der Waals surface area contributed by atoms with Crippen LogP contribution in [0.2, 0.25) is 0 Å². The van der Waals surface area contributed by atoms with Gasteiger partial charge >= 0.3 is 12.1 Å². The van der Waals surface area contributed by atoms with E-state index in [1.165, 1.54) is 66.1 Å². The first-order chi connectivity index (χ1) is 20.6. The molecule has 18 heteroatoms. The Labute approximate surface area is 260 Å². The Morgan fingerprint density at radius 1 is 1.20 bits per heavy atom. The molecule has 3 heterocycles. The van der Waals surface area contributed by atoms with Crippen LogP contribution in [0.5, 0.6) is 0 Å². The van der Waals surface area contributed by atoms with Gasteiger partial charge in [0.25, 0.3) is 11.6 Å². The van der Waals surface area contributed by atoms with Crippen molar-refractivity contribution < 1.29 is 42.0 Å². The number of carbonyl (C=O) groups is 4. The zero-order chi connectivity index (χ0) is 32.2. The number of alkyl carbamates (subject to hydrolysis) is 1. The molecule has 0 bridgehead atoms. The summed E-state index contributed by atoms with van der Waals surface area (Å²) in [6.45, 7) is 2.23. The van der Waals surface area contributed by atoms with Gasteiger partial charge in [-0.3, -0.25) is 24.6 Å². The quantitative estimate of drug-likeness (QED) is 0.127. The lowest BCUT2D eigenvalue weighted by atomic mass is 10.0. The van der Waals surface area contributed by atoms with E-state index in [9.17, 15) is 37.7 Å². The van der Waals surface area contributed by atoms with E-state index in [0.717, 1.165) is 4.88 Å². The molecule has 0 saturated carbocycles. The smallest absolute Gasteiger partial charge is 0.407 e. The molecule has 236 valence electrons. The number of benzene rings is 1. The van der Waals surface area contributed by atoms with Crippen molar-refractivity contribution in [3.05, 3.63) is 73.6 Å². The number of nitrogens with two attached hydrogens (primary N) is 1. The number of hydrogen-bond donors (Lipinski definition) is 3. The first kappa shape index (κ1) is 32.9. The molecular weight excluding hydrogens is 639 g/mol. The number of nitro groups is 1. The average molecular weight is 668 g/mol. The van der Waals surface area contributed by atoms with E-state index in [1.54, 1.807) is 6.07 Å². The molecule has 3 amide bonds. The third-order valence-corrected chi connectivity index (χ3v) is 9.67. The van der Waals surface area contributed by atoms with Gasteiger partial charge in [-0.1, -0.05) is 6.07 Å². The van der Waals surface area contributed by atoms with E-state index >= 15 is 0 Å². The summed E-state index contributed by atoms with van der Waals surface area (Å²) >= 11 is 2.68. The number of β-lactam (4-membered cyclic amide) rings is 1. The predicted octanol–water partition coefficient (Wildman–Crippen LogP) is 1.39. The Morgan fingerprint density at radius 2 is 1.91 bits per heavy atom. The first-order valence-electron chi connectivity index (χ1n) is 13.0. The Bertz CT molecular complexity index is 1590. The van der Waals surface area contributed by atoms with Gasteiger partial charge in [-0.15, -0.1) is 23.1 Å². The fraction of sp³-hybridized carbons (Fsp3) is 0.385. The molecule has 0 spiro atoms. The van der Waals surface area contributed by atoms with Gasteiger partial charge in [0, 0.05) is 29.3 Å². The van der Waals surface area contributed by atoms with Crippen LogP contribution in [0.25, 0.3) is 0 Å². The zero-order valence-corrected chi connectivity index (χ0v) is 26.0. The van der Waals surface area contributed by atoms with Crippen molar-refractivity contribution in [1.82, 2.24) is 15.5 Å². The number of thioether (sulfide) groups is 1. The van der Waals surface area contributed by atoms with Gasteiger partial charge in [-0.2, -0.15) is 0 Å². The van der Waals surface area contributed by atoms with Gasteiger partial charge in [0.2, 0.25) is 15.9 Å². The topological polar surface area (TPSA) is 217 Å². The molecule has 2 aliphatic heterocycles. The van der Waals surface area contributed by atoms with Crippen LogP contribution in [-0.4, -0.2) is 77.2 Å². The molecule has 1 saturated heterocycles. The average Bonchev–Trinajstić information content (AvgIpc) is 3.44. The number of primary sulfonamides is 1. The van der Waals surface area contributed by atoms with Crippen LogP contribution in [0.3, 0.4) is 0 Å². The summed E-state index contributed by atoms with van der Waals surface area (Å²) < 4.78 is 33.5. The Balaban J connectivity index is 1.49. The molecule has 1 fully saturated rings. The molecular formula is C26H29N5O10S3. The summed E-state index contributed by atoms with van der Waals surface area (Å²) in [7, 11) is -3.95. The van der Waals surface area contributed by atoms with Gasteiger partial charge in [-0.05, 0) is 48.6 Å². The number of carbonyl (C=O) groups excluding carboxylic acids is 4. The van der Waals surface area contributed by atoms with Gasteiger partial charge in [0.05, 0.1) is 11.3 Å². The van der Waals surface area contributed by atoms with Crippen molar-refractivity contribution >= 4 is 62.7 Å². The summed E-state index contributed by atoms with van der Waals surface area (Å²) in [5.41, 5.74) is -0.931. The van der Waals surface area contributed by atoms with Crippen LogP contribution < -0.4 is 15.8 Å². The molecule has 1 aromatic carbocycles. The molecule has 1 unspecified atom stereocenters. The number of rotatable bonds is 12. The van der Waals surface area contributed by atoms with E-state index in [4.69, 9.17) is 14.6 Å². The Kier molecular flexibility index (Phi) is 9.97. The maximum atomic E-state index is 13.4. The minimum absolute atomic E-state index is 0.0951. The number of non-ortho nitro benzene ring substituents is 1. The summed E-state index contributed by atoms with van der Waals surface area (Å²) in [4.78, 5) is 64.1. The Hall–Kier alpha value is -4.00. The molecule has 4 rings (SSSR count). The van der Waals surface area contributed by atoms with Gasteiger partial charge < -0.3 is 20.1 Å². The molecule has 44 heavy (non-hydrogen) atoms. The standard InChI is InChI=1S/C26H29N5O10S3/c1-26(2,14-44(27,38)39)41-25(35)28-11-16-13-43-23-20(29-19(32)10-18-4-3-9-42-18)22(33)30(23)21(16)24(34)40-12-15-5-7-17(8-6-15)31(36)37/h3-9,20,23H,10-14H2,1-2H3,(H,28,35)(H,29,32)(H2,27,38,39)/t20?,23-/m1/s1. The number of nitrogens with one attached hydrogen (secondary N) is 2. The van der Waals surface area contributed by atoms with Crippen LogP contribution in [0.1, 0.15) is 24.3 Å². The van der Waals surface area contributed by atoms with Crippen LogP contribution in [0, 0.1) is 10.1 Å². The molecule has 15 nitrogen and oxygen atoms in total. The number of sulfonamides is 1. The molecule has 2 atom stereocenters. The fourth-order valence-electron chi connectivity index (χ4n) is 4.51. The highest BCUT2D eigenvalue weighted by Crippen LogP contribution is 2.40. The second-order valence-corrected chi connectivity index (χ2v) is 14.2. The van der Waals surface area contributed by atoms with Gasteiger partial charge in [0.15, 0.2) is 0 Å². The lowest BCUT2D eigenvalue weighted by Gasteiger charge is -2.49. The van der Waals surface area contributed by atoms with Crippen molar-refractivity contribution in [3.63, 3.8) is 0 Å². The SMILES string of the molecule is CC(C)(CS(N)(=O)=O)OC(=O)NCC1=C(C(=O)OCc2ccc([N+](=O)[O-])cc2)N2C(=O)C(NC(=O)Cc3cccs3)[C@H]2SC1. The maximum absolute atomic E-state index is 13.4. The number of hydrogen-bond acceptors (Lipinski definition) is 12. The second kappa shape index (κ2) is 13.3. The first-order valence-corrected chi connectivity index (χ1v) is 16.6. The monoisotopic (exact) mass is 667 g/mol. The summed E-state index contributed by atoms with van der Waals surface area (Å²) in [6, 6.07) is 8.10. The number of amides is 3. The number of thiophene rings is 1. The highest BCUT2D eigenvalue weighted by atomic mass is 32.2. The van der Waals surface area contributed by atoms with Crippen molar-refractivity contribution in [2.24, 2.45) is 5.14 Å². The highest BCUT2D eigenvalue weighted by molar-refractivity contribution is 8.00. The number of ether oxygens (including phenoxy) is 2. The maximum Gasteiger partial charge on any atom is 0.407 e. The van der Waals surface area contributed by atoms with E-state index < -0.39 is 55.7 Å². The third-order valence-electron chi connectivity index (χ3n) is 6.35. The van der Waals surface area contributed by atoms with Crippen molar-refractivity contribution in [2.75, 3.05) is 18.1 Å². The summed E-state index contributed by atoms with van der Waals surface area (Å²) in [6.07, 6.45) is -0.886. The van der Waals surface area contributed by atoms with Crippen molar-refractivity contribution in [2.45, 2.75) is 43.9 Å². The molecule has 0 radical (unpaired) electrons. The summed E-state index contributed by atoms with van der Waals surface area (Å²) in [5.74, 6) is -2.23. The zero-order valence-electron chi connectivity index (χ0n) is 23.5. The third kappa shape index (κ3) is 8.34. The Morgan fingerprint density at radius 3 is 2.52 bits per heavy atom. The number of esters is 1. The van der Waals surface area contributed by atoms with Crippen LogP contribution >= 0.6 is 23.1 Å². The van der Waals surface area contributed by atoms with Crippen LogP contribution in [0.4, 0.5) is 10.5 Å². The van der Waals surface area contributed by atoms with Gasteiger partial charge in [-0.25, -0.2) is 23.1 Å². The largest absolute Gasteiger partial charge is 0.456 e. The minimum Gasteiger partial charge on any atom is -0.456 e. The van der Waals surface area contributed by atoms with E-state index in [0.29, 0.717) is 11.1 Å². The number of fused-ring (bicyclic) bond motifs is 1. The fourth-order valence-corrected chi connectivity index (χ4v) is 7.59. The number of nitrogens with zero attached hydrogens (tertiary/aromatic N) is 2. The van der Waals surface area contributed by atoms with Crippen LogP contribution in [-0.2, 0) is 46.9 Å². The predicted molar refractivity (Wildman–Crippen MR) is 160 cm³/mol. The van der Waals surface area contributed by atoms with Crippen molar-refractivity contribution in [1.29, 1.82) is 0 Å². The van der Waals surface area contributed by atoms with E-state index in [-0.39, 0.29) is 42.6 Å². The van der Waals surface area contributed by atoms with Crippen molar-refractivity contribution in [3.8, 4) is 0 Å². The lowest BCUT2D eigenvalue weighted by Crippen LogP contribution is -2.70. The molecule has 1 aromatic heterocycles. The molecule has 2 aliphatic rings. The second-order valence-electron chi connectivity index (χ2n) is 10.5. The van der Waals surface area contributed by atoms with Gasteiger partial charge in [0.1, 0.15) is 35.1 Å². The van der Waals surface area contributed by atoms with E-state index in [2.05, 4.69) is 10.6 Å². The molecule has 4 N–H and O–H groups in total. The lowest BCUT2D eigenvalue weighted by molar-refractivity contribution is -0.384. The van der Waals surface area contributed by atoms with Crippen LogP contribution in [0.15, 0.2) is 53.0 Å². The normalized spacial score (nSPS) is 18.2. The molecule has 2 aromatic rings. The number of nitro benzene ring substituents is 1. The highest BCUT2D eigenvalue weighted by Gasteiger charge is 2.54. The summed E-state index contributed by atoms with van der Waals surface area (Å²) in [5, 5.41) is 22.4.